The predicted molar refractivity (Wildman–Crippen MR) is 116 cm³/mol. The van der Waals surface area contributed by atoms with E-state index in [-0.39, 0.29) is 42.1 Å². The van der Waals surface area contributed by atoms with E-state index in [9.17, 15) is 9.59 Å². The molecule has 1 aliphatic heterocycles. The van der Waals surface area contributed by atoms with Crippen molar-refractivity contribution >= 4 is 24.2 Å². The topological polar surface area (TPSA) is 70.2 Å². The number of halogens is 1. The monoisotopic (exact) mass is 413 g/mol. The Morgan fingerprint density at radius 3 is 2.21 bits per heavy atom. The second-order valence-electron chi connectivity index (χ2n) is 7.77. The number of hydrogen-bond donors (Lipinski definition) is 3. The van der Waals surface area contributed by atoms with E-state index in [0.29, 0.717) is 25.6 Å². The Labute approximate surface area is 178 Å². The molecule has 0 spiro atoms. The summed E-state index contributed by atoms with van der Waals surface area (Å²) < 4.78 is 0. The summed E-state index contributed by atoms with van der Waals surface area (Å²) in [5, 5.41) is 9.36. The SMILES string of the molecule is Cl.O=C(NCCc1ccccc1)[C@@H]1CNC[C@H]1C(=O)N[C@@H]1C[C@H]1c1ccccc1. The smallest absolute Gasteiger partial charge is 0.225 e. The van der Waals surface area contributed by atoms with Crippen molar-refractivity contribution in [3.63, 3.8) is 0 Å². The number of rotatable bonds is 7. The maximum Gasteiger partial charge on any atom is 0.225 e. The van der Waals surface area contributed by atoms with Crippen molar-refractivity contribution in [2.24, 2.45) is 11.8 Å². The highest BCUT2D eigenvalue weighted by atomic mass is 35.5. The average Bonchev–Trinajstić information content (AvgIpc) is 3.31. The van der Waals surface area contributed by atoms with Gasteiger partial charge in [-0.15, -0.1) is 12.4 Å². The molecule has 2 aromatic carbocycles. The molecule has 1 saturated heterocycles. The lowest BCUT2D eigenvalue weighted by molar-refractivity contribution is -0.133. The minimum absolute atomic E-state index is 0. The van der Waals surface area contributed by atoms with Crippen molar-refractivity contribution in [3.8, 4) is 0 Å². The van der Waals surface area contributed by atoms with Crippen LogP contribution in [0, 0.1) is 11.8 Å². The Kier molecular flexibility index (Phi) is 7.29. The van der Waals surface area contributed by atoms with Crippen LogP contribution in [-0.2, 0) is 16.0 Å². The first-order valence-corrected chi connectivity index (χ1v) is 10.1. The normalized spacial score (nSPS) is 25.0. The lowest BCUT2D eigenvalue weighted by Gasteiger charge is -2.18. The summed E-state index contributed by atoms with van der Waals surface area (Å²) in [6.07, 6.45) is 1.77. The minimum Gasteiger partial charge on any atom is -0.355 e. The summed E-state index contributed by atoms with van der Waals surface area (Å²) in [5.74, 6) is -0.232. The van der Waals surface area contributed by atoms with Crippen molar-refractivity contribution in [1.82, 2.24) is 16.0 Å². The van der Waals surface area contributed by atoms with Crippen LogP contribution in [0.4, 0.5) is 0 Å². The van der Waals surface area contributed by atoms with Crippen LogP contribution in [-0.4, -0.2) is 37.5 Å². The Morgan fingerprint density at radius 2 is 1.52 bits per heavy atom. The lowest BCUT2D eigenvalue weighted by Crippen LogP contribution is -2.42. The molecule has 29 heavy (non-hydrogen) atoms. The average molecular weight is 414 g/mol. The second-order valence-corrected chi connectivity index (χ2v) is 7.77. The molecule has 3 N–H and O–H groups in total. The van der Waals surface area contributed by atoms with Crippen LogP contribution in [0.25, 0.3) is 0 Å². The third-order valence-electron chi connectivity index (χ3n) is 5.79. The quantitative estimate of drug-likeness (QED) is 0.652. The summed E-state index contributed by atoms with van der Waals surface area (Å²) in [5.41, 5.74) is 2.47. The molecular formula is C23H28ClN3O2. The fourth-order valence-electron chi connectivity index (χ4n) is 4.05. The molecule has 0 unspecified atom stereocenters. The molecule has 1 saturated carbocycles. The number of nitrogens with one attached hydrogen (secondary N) is 3. The molecule has 154 valence electrons. The molecule has 2 aromatic rings. The van der Waals surface area contributed by atoms with Gasteiger partial charge in [0.05, 0.1) is 11.8 Å². The number of amides is 2. The van der Waals surface area contributed by atoms with E-state index in [1.54, 1.807) is 0 Å². The molecule has 2 fully saturated rings. The molecule has 5 nitrogen and oxygen atoms in total. The molecule has 0 bridgehead atoms. The molecule has 6 heteroatoms. The Hall–Kier alpha value is -2.37. The van der Waals surface area contributed by atoms with Gasteiger partial charge in [-0.3, -0.25) is 9.59 Å². The van der Waals surface area contributed by atoms with Crippen LogP contribution in [0.1, 0.15) is 23.5 Å². The van der Waals surface area contributed by atoms with Gasteiger partial charge in [0.2, 0.25) is 11.8 Å². The number of benzene rings is 2. The largest absolute Gasteiger partial charge is 0.355 e. The zero-order valence-electron chi connectivity index (χ0n) is 16.3. The first kappa shape index (κ1) is 21.3. The Morgan fingerprint density at radius 1 is 0.897 bits per heavy atom. The van der Waals surface area contributed by atoms with Crippen LogP contribution in [0.3, 0.4) is 0 Å². The maximum atomic E-state index is 12.8. The van der Waals surface area contributed by atoms with E-state index in [4.69, 9.17) is 0 Å². The highest BCUT2D eigenvalue weighted by molar-refractivity contribution is 5.89. The van der Waals surface area contributed by atoms with Gasteiger partial charge < -0.3 is 16.0 Å². The van der Waals surface area contributed by atoms with E-state index in [2.05, 4.69) is 40.2 Å². The summed E-state index contributed by atoms with van der Waals surface area (Å²) >= 11 is 0. The van der Waals surface area contributed by atoms with Gasteiger partial charge in [0.15, 0.2) is 0 Å². The van der Waals surface area contributed by atoms with E-state index >= 15 is 0 Å². The summed E-state index contributed by atoms with van der Waals surface area (Å²) in [7, 11) is 0. The first-order valence-electron chi connectivity index (χ1n) is 10.1. The molecule has 2 aliphatic rings. The molecule has 4 rings (SSSR count). The molecule has 0 radical (unpaired) electrons. The highest BCUT2D eigenvalue weighted by Crippen LogP contribution is 2.40. The number of carbonyl (C=O) groups excluding carboxylic acids is 2. The van der Waals surface area contributed by atoms with Crippen LogP contribution in [0.5, 0.6) is 0 Å². The Bertz CT molecular complexity index is 815. The molecule has 4 atom stereocenters. The molecular weight excluding hydrogens is 386 g/mol. The van der Waals surface area contributed by atoms with Crippen LogP contribution in [0.2, 0.25) is 0 Å². The van der Waals surface area contributed by atoms with E-state index in [1.165, 1.54) is 11.1 Å². The predicted octanol–water partition coefficient (Wildman–Crippen LogP) is 2.27. The van der Waals surface area contributed by atoms with Crippen LogP contribution in [0.15, 0.2) is 60.7 Å². The zero-order valence-corrected chi connectivity index (χ0v) is 17.2. The van der Waals surface area contributed by atoms with Crippen molar-refractivity contribution in [3.05, 3.63) is 71.8 Å². The van der Waals surface area contributed by atoms with Crippen LogP contribution < -0.4 is 16.0 Å². The molecule has 1 aliphatic carbocycles. The third kappa shape index (κ3) is 5.37. The first-order chi connectivity index (χ1) is 13.7. The van der Waals surface area contributed by atoms with Gasteiger partial charge in [0.1, 0.15) is 0 Å². The van der Waals surface area contributed by atoms with Gasteiger partial charge >= 0.3 is 0 Å². The Balaban J connectivity index is 0.00000240. The van der Waals surface area contributed by atoms with E-state index in [0.717, 1.165) is 12.8 Å². The van der Waals surface area contributed by atoms with E-state index in [1.807, 2.05) is 36.4 Å². The summed E-state index contributed by atoms with van der Waals surface area (Å²) in [4.78, 5) is 25.4. The van der Waals surface area contributed by atoms with Crippen molar-refractivity contribution in [2.45, 2.75) is 24.8 Å². The fourth-order valence-corrected chi connectivity index (χ4v) is 4.05. The maximum absolute atomic E-state index is 12.8. The standard InChI is InChI=1S/C23H27N3O2.ClH/c27-22(25-12-11-16-7-3-1-4-8-16)19-14-24-15-20(19)23(28)26-21-13-18(21)17-9-5-2-6-10-17;/h1-10,18-21,24H,11-15H2,(H,25,27)(H,26,28);1H/t18-,19+,20+,21+;/m0./s1. The molecule has 1 heterocycles. The number of hydrogen-bond acceptors (Lipinski definition) is 3. The van der Waals surface area contributed by atoms with Gasteiger partial charge in [-0.1, -0.05) is 60.7 Å². The van der Waals surface area contributed by atoms with Gasteiger partial charge in [0, 0.05) is 31.6 Å². The molecule has 0 aromatic heterocycles. The minimum atomic E-state index is -0.301. The van der Waals surface area contributed by atoms with Crippen molar-refractivity contribution in [1.29, 1.82) is 0 Å². The van der Waals surface area contributed by atoms with Crippen molar-refractivity contribution in [2.75, 3.05) is 19.6 Å². The van der Waals surface area contributed by atoms with Gasteiger partial charge in [-0.2, -0.15) is 0 Å². The fraction of sp³-hybridized carbons (Fsp3) is 0.391. The van der Waals surface area contributed by atoms with E-state index < -0.39 is 0 Å². The third-order valence-corrected chi connectivity index (χ3v) is 5.79. The van der Waals surface area contributed by atoms with Crippen LogP contribution >= 0.6 is 12.4 Å². The molecule has 2 amide bonds. The summed E-state index contributed by atoms with van der Waals surface area (Å²) in [6.45, 7) is 1.71. The highest BCUT2D eigenvalue weighted by Gasteiger charge is 2.43. The zero-order chi connectivity index (χ0) is 19.3. The lowest BCUT2D eigenvalue weighted by atomic mass is 9.94. The van der Waals surface area contributed by atoms with Gasteiger partial charge in [-0.05, 0) is 24.0 Å². The summed E-state index contributed by atoms with van der Waals surface area (Å²) in [6, 6.07) is 20.6. The number of carbonyl (C=O) groups is 2. The van der Waals surface area contributed by atoms with Gasteiger partial charge in [-0.25, -0.2) is 0 Å². The van der Waals surface area contributed by atoms with Crippen molar-refractivity contribution < 1.29 is 9.59 Å². The van der Waals surface area contributed by atoms with Gasteiger partial charge in [0.25, 0.3) is 0 Å². The second kappa shape index (κ2) is 9.90.